The van der Waals surface area contributed by atoms with Crippen LogP contribution in [-0.2, 0) is 0 Å². The molecule has 0 heteroatoms. The molecule has 2 radical (unpaired) electrons. The summed E-state index contributed by atoms with van der Waals surface area (Å²) in [5.74, 6) is 1.49. The van der Waals surface area contributed by atoms with Gasteiger partial charge in [-0.1, -0.05) is 26.0 Å². The van der Waals surface area contributed by atoms with Gasteiger partial charge in [0.1, 0.15) is 0 Å². The molecule has 0 amide bonds. The molecule has 0 N–H and O–H groups in total. The van der Waals surface area contributed by atoms with Gasteiger partial charge in [-0.25, -0.2) is 0 Å². The summed E-state index contributed by atoms with van der Waals surface area (Å²) in [6, 6.07) is 0. The molecule has 0 saturated carbocycles. The Morgan fingerprint density at radius 3 is 2.50 bits per heavy atom. The zero-order chi connectivity index (χ0) is 6.41. The summed E-state index contributed by atoms with van der Waals surface area (Å²) in [5, 5.41) is 0. The van der Waals surface area contributed by atoms with Gasteiger partial charge in [0.05, 0.1) is 0 Å². The van der Waals surface area contributed by atoms with Gasteiger partial charge in [-0.05, 0) is 25.7 Å². The fourth-order valence-electron chi connectivity index (χ4n) is 0.490. The molecule has 0 atom stereocenters. The predicted molar refractivity (Wildman–Crippen MR) is 38.3 cm³/mol. The second kappa shape index (κ2) is 4.89. The molecule has 0 fully saturated rings. The number of hydrogen-bond acceptors (Lipinski definition) is 0. The van der Waals surface area contributed by atoms with Crippen molar-refractivity contribution < 1.29 is 0 Å². The summed E-state index contributed by atoms with van der Waals surface area (Å²) in [6.45, 7) is 7.89. The van der Waals surface area contributed by atoms with Crippen LogP contribution >= 0.6 is 0 Å². The maximum Gasteiger partial charge on any atom is -0.0300 e. The highest BCUT2D eigenvalue weighted by Crippen LogP contribution is 2.05. The third kappa shape index (κ3) is 5.74. The average molecular weight is 110 g/mol. The molecular weight excluding hydrogens is 96.1 g/mol. The van der Waals surface area contributed by atoms with E-state index in [1.807, 2.05) is 6.08 Å². The Morgan fingerprint density at radius 2 is 2.12 bits per heavy atom. The first-order chi connectivity index (χ1) is 3.77. The van der Waals surface area contributed by atoms with Crippen LogP contribution in [0.1, 0.15) is 26.7 Å². The minimum Gasteiger partial charge on any atom is -0.0885 e. The Morgan fingerprint density at radius 1 is 1.50 bits per heavy atom. The maximum absolute atomic E-state index is 3.59. The first-order valence-corrected chi connectivity index (χ1v) is 3.00. The van der Waals surface area contributed by atoms with Crippen molar-refractivity contribution in [2.24, 2.45) is 0 Å². The molecule has 0 heterocycles. The summed E-state index contributed by atoms with van der Waals surface area (Å²) in [6.07, 6.45) is 6.29. The van der Waals surface area contributed by atoms with Crippen LogP contribution in [0.25, 0.3) is 0 Å². The SMILES string of the molecule is [CH2]C=CCC[C](C)C. The van der Waals surface area contributed by atoms with Gasteiger partial charge in [0.2, 0.25) is 0 Å². The molecule has 0 unspecified atom stereocenters. The zero-order valence-electron chi connectivity index (χ0n) is 5.78. The van der Waals surface area contributed by atoms with Crippen LogP contribution in [0.5, 0.6) is 0 Å². The Hall–Kier alpha value is -0.260. The molecule has 0 aromatic rings. The van der Waals surface area contributed by atoms with E-state index in [-0.39, 0.29) is 0 Å². The molecule has 0 rings (SSSR count). The summed E-state index contributed by atoms with van der Waals surface area (Å²) in [4.78, 5) is 0. The monoisotopic (exact) mass is 110 g/mol. The van der Waals surface area contributed by atoms with Crippen LogP contribution < -0.4 is 0 Å². The Labute approximate surface area is 52.6 Å². The van der Waals surface area contributed by atoms with Crippen LogP contribution in [0.3, 0.4) is 0 Å². The normalized spacial score (nSPS) is 11.5. The van der Waals surface area contributed by atoms with Crippen LogP contribution in [-0.4, -0.2) is 0 Å². The van der Waals surface area contributed by atoms with Crippen molar-refractivity contribution in [3.05, 3.63) is 25.0 Å². The van der Waals surface area contributed by atoms with E-state index in [2.05, 4.69) is 26.8 Å². The lowest BCUT2D eigenvalue weighted by atomic mass is 10.1. The molecule has 46 valence electrons. The smallest absolute Gasteiger partial charge is 0.0300 e. The van der Waals surface area contributed by atoms with Crippen molar-refractivity contribution >= 4 is 0 Å². The van der Waals surface area contributed by atoms with Gasteiger partial charge in [-0.15, -0.1) is 0 Å². The van der Waals surface area contributed by atoms with E-state index < -0.39 is 0 Å². The number of hydrogen-bond donors (Lipinski definition) is 0. The van der Waals surface area contributed by atoms with Crippen LogP contribution in [0.2, 0.25) is 0 Å². The van der Waals surface area contributed by atoms with Crippen molar-refractivity contribution in [3.8, 4) is 0 Å². The Balaban J connectivity index is 2.93. The van der Waals surface area contributed by atoms with Gasteiger partial charge in [-0.3, -0.25) is 0 Å². The van der Waals surface area contributed by atoms with Crippen molar-refractivity contribution in [1.29, 1.82) is 0 Å². The highest BCUT2D eigenvalue weighted by Gasteiger charge is 1.88. The molecule has 0 aromatic heterocycles. The van der Waals surface area contributed by atoms with Crippen molar-refractivity contribution in [1.82, 2.24) is 0 Å². The first kappa shape index (κ1) is 7.74. The topological polar surface area (TPSA) is 0 Å². The maximum atomic E-state index is 3.59. The lowest BCUT2D eigenvalue weighted by Gasteiger charge is -1.96. The number of allylic oxidation sites excluding steroid dienone is 2. The zero-order valence-corrected chi connectivity index (χ0v) is 5.78. The van der Waals surface area contributed by atoms with Gasteiger partial charge < -0.3 is 0 Å². The molecule has 0 aromatic carbocycles. The number of rotatable bonds is 3. The van der Waals surface area contributed by atoms with Gasteiger partial charge in [-0.2, -0.15) is 0 Å². The average Bonchev–Trinajstić information content (AvgIpc) is 1.66. The third-order valence-corrected chi connectivity index (χ3v) is 0.978. The van der Waals surface area contributed by atoms with E-state index in [1.54, 1.807) is 0 Å². The van der Waals surface area contributed by atoms with E-state index >= 15 is 0 Å². The van der Waals surface area contributed by atoms with Crippen molar-refractivity contribution in [2.75, 3.05) is 0 Å². The first-order valence-electron chi connectivity index (χ1n) is 3.00. The van der Waals surface area contributed by atoms with Crippen molar-refractivity contribution in [2.45, 2.75) is 26.7 Å². The largest absolute Gasteiger partial charge is 0.0885 e. The Kier molecular flexibility index (Phi) is 4.73. The van der Waals surface area contributed by atoms with Gasteiger partial charge >= 0.3 is 0 Å². The van der Waals surface area contributed by atoms with Crippen LogP contribution in [0.15, 0.2) is 12.2 Å². The summed E-state index contributed by atoms with van der Waals surface area (Å²) >= 11 is 0. The van der Waals surface area contributed by atoms with E-state index in [4.69, 9.17) is 0 Å². The molecule has 0 spiro atoms. The molecule has 0 bridgehead atoms. The third-order valence-electron chi connectivity index (χ3n) is 0.978. The van der Waals surface area contributed by atoms with Gasteiger partial charge in [0, 0.05) is 0 Å². The molecule has 0 saturated heterocycles. The molecule has 0 nitrogen and oxygen atoms in total. The molecular formula is C8H14. The molecule has 0 aliphatic carbocycles. The van der Waals surface area contributed by atoms with Gasteiger partial charge in [0.25, 0.3) is 0 Å². The quantitative estimate of drug-likeness (QED) is 0.524. The Bertz CT molecular complexity index is 60.4. The summed E-state index contributed by atoms with van der Waals surface area (Å²) < 4.78 is 0. The second-order valence-electron chi connectivity index (χ2n) is 2.22. The van der Waals surface area contributed by atoms with Crippen LogP contribution in [0.4, 0.5) is 0 Å². The minimum absolute atomic E-state index is 1.14. The van der Waals surface area contributed by atoms with E-state index in [1.165, 1.54) is 12.3 Å². The standard InChI is InChI=1S/C8H14/c1-4-5-6-7-8(2)3/h4-5H,1,6-7H2,2-3H3. The fraction of sp³-hybridized carbons (Fsp3) is 0.500. The lowest BCUT2D eigenvalue weighted by molar-refractivity contribution is 0.852. The van der Waals surface area contributed by atoms with Crippen LogP contribution in [0, 0.1) is 12.8 Å². The molecule has 8 heavy (non-hydrogen) atoms. The second-order valence-corrected chi connectivity index (χ2v) is 2.22. The predicted octanol–water partition coefficient (Wildman–Crippen LogP) is 2.77. The van der Waals surface area contributed by atoms with Gasteiger partial charge in [0.15, 0.2) is 0 Å². The van der Waals surface area contributed by atoms with E-state index in [0.29, 0.717) is 0 Å². The van der Waals surface area contributed by atoms with E-state index in [9.17, 15) is 0 Å². The lowest BCUT2D eigenvalue weighted by Crippen LogP contribution is -1.80. The van der Waals surface area contributed by atoms with E-state index in [0.717, 1.165) is 6.42 Å². The summed E-state index contributed by atoms with van der Waals surface area (Å²) in [7, 11) is 0. The van der Waals surface area contributed by atoms with Crippen molar-refractivity contribution in [3.63, 3.8) is 0 Å². The fourth-order valence-corrected chi connectivity index (χ4v) is 0.490. The summed E-state index contributed by atoms with van der Waals surface area (Å²) in [5.41, 5.74) is 0. The molecule has 0 aliphatic heterocycles. The highest BCUT2D eigenvalue weighted by molar-refractivity contribution is 4.88. The minimum atomic E-state index is 1.14. The highest BCUT2D eigenvalue weighted by atomic mass is 13.9. The molecule has 0 aliphatic rings.